The van der Waals surface area contributed by atoms with Gasteiger partial charge in [0, 0.05) is 38.4 Å². The lowest BCUT2D eigenvalue weighted by molar-refractivity contribution is -0.131. The summed E-state index contributed by atoms with van der Waals surface area (Å²) in [7, 11) is 1.96. The maximum Gasteiger partial charge on any atom is 0.227 e. The fourth-order valence-corrected chi connectivity index (χ4v) is 3.74. The maximum atomic E-state index is 13.9. The van der Waals surface area contributed by atoms with E-state index in [2.05, 4.69) is 15.2 Å². The predicted molar refractivity (Wildman–Crippen MR) is 101 cm³/mol. The summed E-state index contributed by atoms with van der Waals surface area (Å²) in [6.45, 7) is 1.89. The molecule has 0 aliphatic carbocycles. The van der Waals surface area contributed by atoms with Gasteiger partial charge in [0.25, 0.3) is 0 Å². The number of carbonyl (C=O) groups excluding carboxylic acids is 1. The molecule has 4 rings (SSSR count). The van der Waals surface area contributed by atoms with Gasteiger partial charge in [-0.05, 0) is 24.5 Å². The number of hydrogen-bond donors (Lipinski definition) is 0. The second-order valence-corrected chi connectivity index (χ2v) is 7.22. The molecule has 8 heteroatoms. The molecule has 0 N–H and O–H groups in total. The molecule has 0 saturated carbocycles. The van der Waals surface area contributed by atoms with Crippen LogP contribution < -0.4 is 0 Å². The summed E-state index contributed by atoms with van der Waals surface area (Å²) < 4.78 is 17.8. The van der Waals surface area contributed by atoms with Gasteiger partial charge in [-0.15, -0.1) is 10.2 Å². The number of halogens is 1. The van der Waals surface area contributed by atoms with Gasteiger partial charge in [-0.25, -0.2) is 9.37 Å². The summed E-state index contributed by atoms with van der Waals surface area (Å²) in [6.07, 6.45) is 7.32. The van der Waals surface area contributed by atoms with Crippen LogP contribution in [0, 0.1) is 5.82 Å². The first kappa shape index (κ1) is 18.3. The predicted octanol–water partition coefficient (Wildman–Crippen LogP) is 2.15. The lowest BCUT2D eigenvalue weighted by Crippen LogP contribution is -2.40. The van der Waals surface area contributed by atoms with Crippen molar-refractivity contribution in [2.75, 3.05) is 13.1 Å². The van der Waals surface area contributed by atoms with Crippen LogP contribution in [0.5, 0.6) is 0 Å². The molecule has 3 aromatic rings. The summed E-state index contributed by atoms with van der Waals surface area (Å²) in [6, 6.07) is 6.45. The Morgan fingerprint density at radius 2 is 2.14 bits per heavy atom. The minimum absolute atomic E-state index is 0.0457. The summed E-state index contributed by atoms with van der Waals surface area (Å²) in [5.74, 6) is 1.49. The molecular formula is C20H23FN6O. The average Bonchev–Trinajstić information content (AvgIpc) is 3.34. The van der Waals surface area contributed by atoms with Crippen LogP contribution in [0.3, 0.4) is 0 Å². The first-order chi connectivity index (χ1) is 13.6. The second kappa shape index (κ2) is 7.92. The largest absolute Gasteiger partial charge is 0.342 e. The highest BCUT2D eigenvalue weighted by molar-refractivity contribution is 5.79. The number of benzene rings is 1. The third-order valence-electron chi connectivity index (χ3n) is 5.32. The number of likely N-dealkylation sites (tertiary alicyclic amines) is 1. The Morgan fingerprint density at radius 1 is 1.29 bits per heavy atom. The van der Waals surface area contributed by atoms with E-state index in [-0.39, 0.29) is 24.1 Å². The van der Waals surface area contributed by atoms with Gasteiger partial charge in [-0.3, -0.25) is 4.79 Å². The van der Waals surface area contributed by atoms with Gasteiger partial charge in [-0.2, -0.15) is 0 Å². The van der Waals surface area contributed by atoms with E-state index in [1.54, 1.807) is 30.7 Å². The number of aromatic nitrogens is 5. The zero-order valence-electron chi connectivity index (χ0n) is 15.8. The van der Waals surface area contributed by atoms with Crippen LogP contribution in [0.25, 0.3) is 0 Å². The van der Waals surface area contributed by atoms with Crippen LogP contribution in [-0.4, -0.2) is 48.2 Å². The lowest BCUT2D eigenvalue weighted by Gasteiger charge is -2.32. The van der Waals surface area contributed by atoms with E-state index in [1.165, 1.54) is 6.07 Å². The minimum Gasteiger partial charge on any atom is -0.342 e. The topological polar surface area (TPSA) is 68.8 Å². The molecule has 1 aromatic carbocycles. The van der Waals surface area contributed by atoms with Gasteiger partial charge in [0.15, 0.2) is 5.82 Å². The normalized spacial score (nSPS) is 17.1. The van der Waals surface area contributed by atoms with Gasteiger partial charge in [-0.1, -0.05) is 18.2 Å². The highest BCUT2D eigenvalue weighted by Crippen LogP contribution is 2.26. The Kier molecular flexibility index (Phi) is 5.18. The van der Waals surface area contributed by atoms with Crippen LogP contribution in [0.2, 0.25) is 0 Å². The lowest BCUT2D eigenvalue weighted by atomic mass is 9.96. The number of rotatable bonds is 5. The molecule has 1 amide bonds. The number of amides is 1. The summed E-state index contributed by atoms with van der Waals surface area (Å²) >= 11 is 0. The molecule has 3 heterocycles. The second-order valence-electron chi connectivity index (χ2n) is 7.22. The maximum absolute atomic E-state index is 13.9. The molecule has 146 valence electrons. The van der Waals surface area contributed by atoms with Gasteiger partial charge in [0.2, 0.25) is 5.91 Å². The van der Waals surface area contributed by atoms with E-state index >= 15 is 0 Å². The van der Waals surface area contributed by atoms with E-state index in [4.69, 9.17) is 0 Å². The fourth-order valence-electron chi connectivity index (χ4n) is 3.74. The monoisotopic (exact) mass is 382 g/mol. The molecule has 2 aromatic heterocycles. The number of imidazole rings is 1. The number of hydrogen-bond acceptors (Lipinski definition) is 4. The Morgan fingerprint density at radius 3 is 2.93 bits per heavy atom. The zero-order chi connectivity index (χ0) is 19.5. The molecule has 28 heavy (non-hydrogen) atoms. The van der Waals surface area contributed by atoms with Gasteiger partial charge in [0.1, 0.15) is 11.6 Å². The van der Waals surface area contributed by atoms with Crippen LogP contribution in [0.4, 0.5) is 4.39 Å². The van der Waals surface area contributed by atoms with E-state index in [0.29, 0.717) is 25.2 Å². The standard InChI is InChI=1S/C20H23FN6O/c1-25-18(13-26-10-8-22-14-26)23-24-20(25)16-6-4-9-27(12-16)19(28)11-15-5-2-3-7-17(15)21/h2-3,5,7-8,10,14,16H,4,6,9,11-13H2,1H3/t16-/m1/s1. The highest BCUT2D eigenvalue weighted by Gasteiger charge is 2.28. The van der Waals surface area contributed by atoms with Crippen molar-refractivity contribution < 1.29 is 9.18 Å². The molecule has 0 spiro atoms. The van der Waals surface area contributed by atoms with Crippen molar-refractivity contribution >= 4 is 5.91 Å². The van der Waals surface area contributed by atoms with Crippen molar-refractivity contribution in [2.45, 2.75) is 31.7 Å². The van der Waals surface area contributed by atoms with Crippen LogP contribution >= 0.6 is 0 Å². The first-order valence-corrected chi connectivity index (χ1v) is 9.47. The molecular weight excluding hydrogens is 359 g/mol. The summed E-state index contributed by atoms with van der Waals surface area (Å²) in [5.41, 5.74) is 0.441. The third kappa shape index (κ3) is 3.81. The molecule has 1 fully saturated rings. The molecule has 0 radical (unpaired) electrons. The van der Waals surface area contributed by atoms with Crippen molar-refractivity contribution in [1.29, 1.82) is 0 Å². The number of nitrogens with zero attached hydrogens (tertiary/aromatic N) is 6. The van der Waals surface area contributed by atoms with E-state index in [1.807, 2.05) is 27.3 Å². The molecule has 1 atom stereocenters. The molecule has 0 bridgehead atoms. The minimum atomic E-state index is -0.332. The Balaban J connectivity index is 1.44. The average molecular weight is 382 g/mol. The van der Waals surface area contributed by atoms with Crippen molar-refractivity contribution in [3.63, 3.8) is 0 Å². The Labute approximate surface area is 162 Å². The fraction of sp³-hybridized carbons (Fsp3) is 0.400. The highest BCUT2D eigenvalue weighted by atomic mass is 19.1. The summed E-state index contributed by atoms with van der Waals surface area (Å²) in [4.78, 5) is 18.6. The SMILES string of the molecule is Cn1c(Cn2ccnc2)nnc1[C@@H]1CCCN(C(=O)Cc2ccccc2F)C1. The number of piperidine rings is 1. The Bertz CT molecular complexity index is 952. The smallest absolute Gasteiger partial charge is 0.227 e. The van der Waals surface area contributed by atoms with E-state index < -0.39 is 0 Å². The molecule has 0 unspecified atom stereocenters. The van der Waals surface area contributed by atoms with E-state index in [0.717, 1.165) is 24.5 Å². The first-order valence-electron chi connectivity index (χ1n) is 9.47. The van der Waals surface area contributed by atoms with Gasteiger partial charge >= 0.3 is 0 Å². The number of carbonyl (C=O) groups is 1. The molecule has 7 nitrogen and oxygen atoms in total. The zero-order valence-corrected chi connectivity index (χ0v) is 15.8. The van der Waals surface area contributed by atoms with Crippen molar-refractivity contribution in [3.05, 3.63) is 66.0 Å². The molecule has 1 aliphatic rings. The third-order valence-corrected chi connectivity index (χ3v) is 5.32. The van der Waals surface area contributed by atoms with Crippen molar-refractivity contribution in [3.8, 4) is 0 Å². The van der Waals surface area contributed by atoms with Crippen LogP contribution in [-0.2, 0) is 24.8 Å². The van der Waals surface area contributed by atoms with Gasteiger partial charge in [0.05, 0.1) is 19.3 Å². The molecule has 1 aliphatic heterocycles. The van der Waals surface area contributed by atoms with Crippen LogP contribution in [0.15, 0.2) is 43.0 Å². The van der Waals surface area contributed by atoms with Gasteiger partial charge < -0.3 is 14.0 Å². The quantitative estimate of drug-likeness (QED) is 0.678. The van der Waals surface area contributed by atoms with Crippen molar-refractivity contribution in [2.24, 2.45) is 7.05 Å². The molecule has 1 saturated heterocycles. The Hall–Kier alpha value is -3.03. The summed E-state index contributed by atoms with van der Waals surface area (Å²) in [5, 5.41) is 8.72. The van der Waals surface area contributed by atoms with E-state index in [9.17, 15) is 9.18 Å². The van der Waals surface area contributed by atoms with Crippen molar-refractivity contribution in [1.82, 2.24) is 29.2 Å². The van der Waals surface area contributed by atoms with Crippen LogP contribution in [0.1, 0.15) is 36.0 Å².